The molecule has 0 amide bonds. The minimum atomic E-state index is -2.52. The Kier molecular flexibility index (Phi) is 4.85. The minimum Gasteiger partial charge on any atom is -0.385 e. The standard InChI is InChI=1S/C15H22F2O/c1-5-13(14(16)17)15(4,18)12-8-6-11(7-9-12)10(2)3/h6-10,13-14,18H,5H2,1-4H3. The topological polar surface area (TPSA) is 20.2 Å². The molecular formula is C15H22F2O. The molecule has 1 aromatic carbocycles. The molecule has 0 aliphatic rings. The Morgan fingerprint density at radius 3 is 2.00 bits per heavy atom. The van der Waals surface area contributed by atoms with Crippen molar-refractivity contribution in [3.05, 3.63) is 35.4 Å². The van der Waals surface area contributed by atoms with Crippen LogP contribution in [0.1, 0.15) is 51.2 Å². The Hall–Kier alpha value is -0.960. The van der Waals surface area contributed by atoms with E-state index in [1.54, 1.807) is 19.1 Å². The van der Waals surface area contributed by atoms with Gasteiger partial charge in [-0.05, 0) is 30.4 Å². The van der Waals surface area contributed by atoms with Crippen LogP contribution in [0.4, 0.5) is 8.78 Å². The fourth-order valence-electron chi connectivity index (χ4n) is 2.24. The number of halogens is 2. The Morgan fingerprint density at radius 1 is 1.17 bits per heavy atom. The van der Waals surface area contributed by atoms with E-state index in [2.05, 4.69) is 13.8 Å². The second-order valence-corrected chi connectivity index (χ2v) is 5.27. The van der Waals surface area contributed by atoms with Crippen molar-refractivity contribution >= 4 is 0 Å². The molecule has 0 saturated carbocycles. The van der Waals surface area contributed by atoms with Crippen molar-refractivity contribution in [2.45, 2.75) is 52.1 Å². The number of aliphatic hydroxyl groups is 1. The Labute approximate surface area is 108 Å². The zero-order valence-corrected chi connectivity index (χ0v) is 11.5. The molecule has 2 atom stereocenters. The van der Waals surface area contributed by atoms with E-state index in [9.17, 15) is 13.9 Å². The monoisotopic (exact) mass is 256 g/mol. The summed E-state index contributed by atoms with van der Waals surface area (Å²) in [4.78, 5) is 0. The van der Waals surface area contributed by atoms with Crippen molar-refractivity contribution in [3.8, 4) is 0 Å². The van der Waals surface area contributed by atoms with Crippen LogP contribution < -0.4 is 0 Å². The van der Waals surface area contributed by atoms with E-state index in [1.165, 1.54) is 6.92 Å². The molecule has 1 rings (SSSR count). The van der Waals surface area contributed by atoms with Crippen LogP contribution in [0.15, 0.2) is 24.3 Å². The highest BCUT2D eigenvalue weighted by Gasteiger charge is 2.38. The number of hydrogen-bond donors (Lipinski definition) is 1. The summed E-state index contributed by atoms with van der Waals surface area (Å²) in [5, 5.41) is 10.4. The second-order valence-electron chi connectivity index (χ2n) is 5.27. The first-order valence-electron chi connectivity index (χ1n) is 6.41. The lowest BCUT2D eigenvalue weighted by Gasteiger charge is -2.32. The lowest BCUT2D eigenvalue weighted by molar-refractivity contribution is -0.0798. The van der Waals surface area contributed by atoms with E-state index in [1.807, 2.05) is 12.1 Å². The second kappa shape index (κ2) is 5.79. The molecule has 0 aliphatic carbocycles. The van der Waals surface area contributed by atoms with Gasteiger partial charge in [0, 0.05) is 0 Å². The van der Waals surface area contributed by atoms with Crippen molar-refractivity contribution in [2.24, 2.45) is 5.92 Å². The van der Waals surface area contributed by atoms with Crippen LogP contribution in [0.25, 0.3) is 0 Å². The van der Waals surface area contributed by atoms with Gasteiger partial charge in [0.25, 0.3) is 0 Å². The third kappa shape index (κ3) is 3.08. The normalized spacial score (nSPS) is 16.9. The average Bonchev–Trinajstić information content (AvgIpc) is 2.29. The largest absolute Gasteiger partial charge is 0.385 e. The molecule has 3 heteroatoms. The number of benzene rings is 1. The molecule has 1 N–H and O–H groups in total. The Balaban J connectivity index is 3.03. The van der Waals surface area contributed by atoms with Crippen molar-refractivity contribution in [3.63, 3.8) is 0 Å². The Bertz CT molecular complexity index is 369. The quantitative estimate of drug-likeness (QED) is 0.832. The highest BCUT2D eigenvalue weighted by molar-refractivity contribution is 5.29. The van der Waals surface area contributed by atoms with Gasteiger partial charge in [-0.2, -0.15) is 0 Å². The van der Waals surface area contributed by atoms with Crippen LogP contribution >= 0.6 is 0 Å². The molecule has 102 valence electrons. The third-order valence-electron chi connectivity index (χ3n) is 3.63. The van der Waals surface area contributed by atoms with Gasteiger partial charge in [-0.25, -0.2) is 8.78 Å². The molecular weight excluding hydrogens is 234 g/mol. The predicted molar refractivity (Wildman–Crippen MR) is 69.9 cm³/mol. The van der Waals surface area contributed by atoms with Crippen LogP contribution in [0.2, 0.25) is 0 Å². The summed E-state index contributed by atoms with van der Waals surface area (Å²) in [7, 11) is 0. The summed E-state index contributed by atoms with van der Waals surface area (Å²) in [6.07, 6.45) is -2.27. The van der Waals surface area contributed by atoms with E-state index >= 15 is 0 Å². The SMILES string of the molecule is CCC(C(F)F)C(C)(O)c1ccc(C(C)C)cc1. The van der Waals surface area contributed by atoms with Gasteiger partial charge >= 0.3 is 0 Å². The molecule has 0 radical (unpaired) electrons. The van der Waals surface area contributed by atoms with Crippen LogP contribution in [0.3, 0.4) is 0 Å². The molecule has 0 bridgehead atoms. The van der Waals surface area contributed by atoms with E-state index in [-0.39, 0.29) is 6.42 Å². The van der Waals surface area contributed by atoms with Crippen molar-refractivity contribution in [1.82, 2.24) is 0 Å². The molecule has 0 saturated heterocycles. The lowest BCUT2D eigenvalue weighted by Crippen LogP contribution is -2.36. The van der Waals surface area contributed by atoms with Gasteiger partial charge in [-0.1, -0.05) is 45.0 Å². The zero-order valence-electron chi connectivity index (χ0n) is 11.5. The van der Waals surface area contributed by atoms with Gasteiger partial charge in [0.15, 0.2) is 0 Å². The molecule has 1 nitrogen and oxygen atoms in total. The molecule has 0 spiro atoms. The summed E-state index contributed by atoms with van der Waals surface area (Å²) in [6, 6.07) is 7.29. The number of alkyl halides is 2. The van der Waals surface area contributed by atoms with E-state index in [4.69, 9.17) is 0 Å². The van der Waals surface area contributed by atoms with E-state index in [0.717, 1.165) is 5.56 Å². The van der Waals surface area contributed by atoms with Crippen LogP contribution in [0.5, 0.6) is 0 Å². The smallest absolute Gasteiger partial charge is 0.244 e. The summed E-state index contributed by atoms with van der Waals surface area (Å²) < 4.78 is 25.9. The van der Waals surface area contributed by atoms with E-state index in [0.29, 0.717) is 11.5 Å². The van der Waals surface area contributed by atoms with Crippen LogP contribution in [0, 0.1) is 5.92 Å². The lowest BCUT2D eigenvalue weighted by atomic mass is 9.81. The Morgan fingerprint density at radius 2 is 1.67 bits per heavy atom. The first-order valence-corrected chi connectivity index (χ1v) is 6.41. The molecule has 18 heavy (non-hydrogen) atoms. The fraction of sp³-hybridized carbons (Fsp3) is 0.600. The minimum absolute atomic E-state index is 0.247. The maximum Gasteiger partial charge on any atom is 0.244 e. The molecule has 0 heterocycles. The fourth-order valence-corrected chi connectivity index (χ4v) is 2.24. The van der Waals surface area contributed by atoms with Crippen molar-refractivity contribution in [2.75, 3.05) is 0 Å². The van der Waals surface area contributed by atoms with Gasteiger partial charge in [-0.15, -0.1) is 0 Å². The number of hydrogen-bond acceptors (Lipinski definition) is 1. The summed E-state index contributed by atoms with van der Waals surface area (Å²) in [5.41, 5.74) is 0.206. The van der Waals surface area contributed by atoms with Crippen LogP contribution in [-0.2, 0) is 5.60 Å². The summed E-state index contributed by atoms with van der Waals surface area (Å²) in [6.45, 7) is 7.29. The first kappa shape index (κ1) is 15.1. The zero-order chi connectivity index (χ0) is 13.9. The van der Waals surface area contributed by atoms with Gasteiger partial charge < -0.3 is 5.11 Å². The van der Waals surface area contributed by atoms with Gasteiger partial charge in [0.1, 0.15) is 0 Å². The predicted octanol–water partition coefficient (Wildman–Crippen LogP) is 4.31. The summed E-state index contributed by atoms with van der Waals surface area (Å²) >= 11 is 0. The molecule has 0 aromatic heterocycles. The maximum absolute atomic E-state index is 12.9. The van der Waals surface area contributed by atoms with Gasteiger partial charge in [0.2, 0.25) is 6.43 Å². The number of rotatable bonds is 5. The summed E-state index contributed by atoms with van der Waals surface area (Å²) in [5.74, 6) is -0.650. The van der Waals surface area contributed by atoms with Gasteiger partial charge in [-0.3, -0.25) is 0 Å². The highest BCUT2D eigenvalue weighted by atomic mass is 19.3. The maximum atomic E-state index is 12.9. The molecule has 2 unspecified atom stereocenters. The highest BCUT2D eigenvalue weighted by Crippen LogP contribution is 2.36. The average molecular weight is 256 g/mol. The van der Waals surface area contributed by atoms with Crippen molar-refractivity contribution in [1.29, 1.82) is 0 Å². The third-order valence-corrected chi connectivity index (χ3v) is 3.63. The van der Waals surface area contributed by atoms with E-state index < -0.39 is 17.9 Å². The van der Waals surface area contributed by atoms with Gasteiger partial charge in [0.05, 0.1) is 11.5 Å². The molecule has 1 aromatic rings. The first-order chi connectivity index (χ1) is 8.30. The van der Waals surface area contributed by atoms with Crippen LogP contribution in [-0.4, -0.2) is 11.5 Å². The molecule has 0 fully saturated rings. The van der Waals surface area contributed by atoms with Crippen molar-refractivity contribution < 1.29 is 13.9 Å². The molecule has 0 aliphatic heterocycles.